The maximum Gasteiger partial charge on any atom is 0.244 e. The molecule has 2 aromatic carbocycles. The van der Waals surface area contributed by atoms with E-state index in [4.69, 9.17) is 10.00 Å². The van der Waals surface area contributed by atoms with E-state index in [-0.39, 0.29) is 5.91 Å². The molecule has 0 atom stereocenters. The number of amides is 1. The van der Waals surface area contributed by atoms with Crippen LogP contribution in [-0.4, -0.2) is 24.1 Å². The van der Waals surface area contributed by atoms with Crippen molar-refractivity contribution < 1.29 is 9.53 Å². The molecule has 3 rings (SSSR count). The number of hydrogen-bond donors (Lipinski definition) is 1. The molecule has 1 heterocycles. The summed E-state index contributed by atoms with van der Waals surface area (Å²) >= 11 is 0. The predicted molar refractivity (Wildman–Crippen MR) is 111 cm³/mol. The van der Waals surface area contributed by atoms with E-state index in [1.165, 1.54) is 0 Å². The van der Waals surface area contributed by atoms with E-state index in [9.17, 15) is 4.79 Å². The lowest BCUT2D eigenvalue weighted by Crippen LogP contribution is -2.23. The molecular formula is C23H23N3O2. The number of methoxy groups -OCH3 is 1. The van der Waals surface area contributed by atoms with Gasteiger partial charge < -0.3 is 14.6 Å². The number of hydrogen-bond acceptors (Lipinski definition) is 3. The van der Waals surface area contributed by atoms with Crippen LogP contribution in [0.15, 0.2) is 60.8 Å². The van der Waals surface area contributed by atoms with Gasteiger partial charge in [0.2, 0.25) is 5.91 Å². The molecule has 5 heteroatoms. The molecule has 28 heavy (non-hydrogen) atoms. The van der Waals surface area contributed by atoms with Crippen LogP contribution >= 0.6 is 0 Å². The SMILES string of the molecule is COc1ccccc1CCNC(=O)/C=C/c1cn(CCC#N)c2ccccc12. The van der Waals surface area contributed by atoms with Crippen molar-refractivity contribution in [1.29, 1.82) is 5.26 Å². The summed E-state index contributed by atoms with van der Waals surface area (Å²) in [5, 5.41) is 12.8. The summed E-state index contributed by atoms with van der Waals surface area (Å²) in [4.78, 5) is 12.2. The number of carbonyl (C=O) groups excluding carboxylic acids is 1. The van der Waals surface area contributed by atoms with Crippen LogP contribution < -0.4 is 10.1 Å². The fourth-order valence-corrected chi connectivity index (χ4v) is 3.22. The number of rotatable bonds is 8. The van der Waals surface area contributed by atoms with Gasteiger partial charge in [-0.3, -0.25) is 4.79 Å². The van der Waals surface area contributed by atoms with Crippen LogP contribution in [0, 0.1) is 11.3 Å². The lowest BCUT2D eigenvalue weighted by Gasteiger charge is -2.08. The summed E-state index contributed by atoms with van der Waals surface area (Å²) in [6, 6.07) is 18.0. The highest BCUT2D eigenvalue weighted by Crippen LogP contribution is 2.23. The van der Waals surface area contributed by atoms with Crippen LogP contribution in [0.5, 0.6) is 5.75 Å². The molecule has 0 aliphatic heterocycles. The van der Waals surface area contributed by atoms with E-state index in [1.54, 1.807) is 13.2 Å². The number of benzene rings is 2. The van der Waals surface area contributed by atoms with Crippen molar-refractivity contribution in [3.8, 4) is 11.8 Å². The van der Waals surface area contributed by atoms with Gasteiger partial charge in [0.25, 0.3) is 0 Å². The third kappa shape index (κ3) is 4.60. The van der Waals surface area contributed by atoms with Crippen molar-refractivity contribution in [2.75, 3.05) is 13.7 Å². The summed E-state index contributed by atoms with van der Waals surface area (Å²) in [5.74, 6) is 0.696. The molecule has 5 nitrogen and oxygen atoms in total. The number of aromatic nitrogens is 1. The average molecular weight is 373 g/mol. The molecule has 1 N–H and O–H groups in total. The molecule has 0 aliphatic carbocycles. The Kier molecular flexibility index (Phi) is 6.48. The molecule has 0 spiro atoms. The highest BCUT2D eigenvalue weighted by atomic mass is 16.5. The second kappa shape index (κ2) is 9.43. The van der Waals surface area contributed by atoms with Gasteiger partial charge in [-0.15, -0.1) is 0 Å². The van der Waals surface area contributed by atoms with E-state index in [2.05, 4.69) is 16.0 Å². The van der Waals surface area contributed by atoms with Gasteiger partial charge >= 0.3 is 0 Å². The Balaban J connectivity index is 1.63. The first kappa shape index (κ1) is 19.2. The maximum atomic E-state index is 12.2. The van der Waals surface area contributed by atoms with Gasteiger partial charge in [0.1, 0.15) is 5.75 Å². The van der Waals surface area contributed by atoms with Crippen molar-refractivity contribution >= 4 is 22.9 Å². The minimum Gasteiger partial charge on any atom is -0.496 e. The number of nitrogens with one attached hydrogen (secondary N) is 1. The van der Waals surface area contributed by atoms with Crippen molar-refractivity contribution in [2.45, 2.75) is 19.4 Å². The number of ether oxygens (including phenoxy) is 1. The van der Waals surface area contributed by atoms with Crippen LogP contribution in [0.3, 0.4) is 0 Å². The van der Waals surface area contributed by atoms with Gasteiger partial charge in [0.05, 0.1) is 19.6 Å². The summed E-state index contributed by atoms with van der Waals surface area (Å²) in [5.41, 5.74) is 3.09. The van der Waals surface area contributed by atoms with Crippen molar-refractivity contribution in [2.24, 2.45) is 0 Å². The van der Waals surface area contributed by atoms with E-state index >= 15 is 0 Å². The first-order valence-corrected chi connectivity index (χ1v) is 9.25. The van der Waals surface area contributed by atoms with Gasteiger partial charge in [-0.2, -0.15) is 5.26 Å². The summed E-state index contributed by atoms with van der Waals surface area (Å²) in [6.07, 6.45) is 6.52. The molecule has 1 aromatic heterocycles. The Bertz CT molecular complexity index is 1030. The standard InChI is InChI=1S/C23H23N3O2/c1-28-22-10-5-2-7-18(22)13-15-25-23(27)12-11-19-17-26(16-6-14-24)21-9-4-3-8-20(19)21/h2-5,7-12,17H,6,13,15-16H2,1H3,(H,25,27)/b12-11+. The van der Waals surface area contributed by atoms with Crippen LogP contribution in [0.4, 0.5) is 0 Å². The van der Waals surface area contributed by atoms with Gasteiger partial charge in [-0.1, -0.05) is 36.4 Å². The van der Waals surface area contributed by atoms with Gasteiger partial charge in [0.15, 0.2) is 0 Å². The first-order valence-electron chi connectivity index (χ1n) is 9.25. The van der Waals surface area contributed by atoms with E-state index < -0.39 is 0 Å². The van der Waals surface area contributed by atoms with Crippen molar-refractivity contribution in [3.63, 3.8) is 0 Å². The molecule has 0 fully saturated rings. The average Bonchev–Trinajstić information content (AvgIpc) is 3.09. The number of aryl methyl sites for hydroxylation is 1. The minimum absolute atomic E-state index is 0.135. The monoisotopic (exact) mass is 373 g/mol. The molecule has 3 aromatic rings. The Hall–Kier alpha value is -3.52. The lowest BCUT2D eigenvalue weighted by atomic mass is 10.1. The fourth-order valence-electron chi connectivity index (χ4n) is 3.22. The van der Waals surface area contributed by atoms with Gasteiger partial charge in [0, 0.05) is 41.8 Å². The molecular weight excluding hydrogens is 350 g/mol. The molecule has 1 amide bonds. The number of carbonyl (C=O) groups is 1. The highest BCUT2D eigenvalue weighted by Gasteiger charge is 2.06. The third-order valence-corrected chi connectivity index (χ3v) is 4.58. The van der Waals surface area contributed by atoms with E-state index in [0.717, 1.165) is 27.8 Å². The second-order valence-electron chi connectivity index (χ2n) is 6.39. The molecule has 142 valence electrons. The Morgan fingerprint density at radius 3 is 2.82 bits per heavy atom. The summed E-state index contributed by atoms with van der Waals surface area (Å²) in [6.45, 7) is 1.17. The molecule has 0 radical (unpaired) electrons. The van der Waals surface area contributed by atoms with E-state index in [1.807, 2.05) is 60.8 Å². The predicted octanol–water partition coefficient (Wildman–Crippen LogP) is 3.94. The largest absolute Gasteiger partial charge is 0.496 e. The number of fused-ring (bicyclic) bond motifs is 1. The Morgan fingerprint density at radius 2 is 2.00 bits per heavy atom. The first-order chi connectivity index (χ1) is 13.7. The van der Waals surface area contributed by atoms with Crippen LogP contribution in [0.1, 0.15) is 17.5 Å². The minimum atomic E-state index is -0.135. The Labute approximate surface area is 164 Å². The van der Waals surface area contributed by atoms with Gasteiger partial charge in [-0.05, 0) is 30.2 Å². The number of nitrogens with zero attached hydrogens (tertiary/aromatic N) is 2. The smallest absolute Gasteiger partial charge is 0.244 e. The van der Waals surface area contributed by atoms with Crippen LogP contribution in [0.25, 0.3) is 17.0 Å². The highest BCUT2D eigenvalue weighted by molar-refractivity contribution is 5.96. The summed E-state index contributed by atoms with van der Waals surface area (Å²) in [7, 11) is 1.65. The van der Waals surface area contributed by atoms with Crippen LogP contribution in [-0.2, 0) is 17.8 Å². The van der Waals surface area contributed by atoms with E-state index in [0.29, 0.717) is 25.9 Å². The zero-order valence-corrected chi connectivity index (χ0v) is 15.9. The summed E-state index contributed by atoms with van der Waals surface area (Å²) < 4.78 is 7.38. The molecule has 0 saturated heterocycles. The zero-order valence-electron chi connectivity index (χ0n) is 15.9. The third-order valence-electron chi connectivity index (χ3n) is 4.58. The normalized spacial score (nSPS) is 10.9. The van der Waals surface area contributed by atoms with Gasteiger partial charge in [-0.25, -0.2) is 0 Å². The zero-order chi connectivity index (χ0) is 19.8. The fraction of sp³-hybridized carbons (Fsp3) is 0.217. The molecule has 0 aliphatic rings. The Morgan fingerprint density at radius 1 is 1.21 bits per heavy atom. The molecule has 0 unspecified atom stereocenters. The second-order valence-corrected chi connectivity index (χ2v) is 6.39. The lowest BCUT2D eigenvalue weighted by molar-refractivity contribution is -0.116. The van der Waals surface area contributed by atoms with Crippen molar-refractivity contribution in [3.05, 3.63) is 71.9 Å². The molecule has 0 bridgehead atoms. The quantitative estimate of drug-likeness (QED) is 0.608. The maximum absolute atomic E-state index is 12.2. The van der Waals surface area contributed by atoms with Crippen molar-refractivity contribution in [1.82, 2.24) is 9.88 Å². The molecule has 0 saturated carbocycles. The van der Waals surface area contributed by atoms with Crippen LogP contribution in [0.2, 0.25) is 0 Å². The number of para-hydroxylation sites is 2. The topological polar surface area (TPSA) is 67.0 Å². The number of nitriles is 1.